The Morgan fingerprint density at radius 3 is 2.48 bits per heavy atom. The molecule has 3 rings (SSSR count). The van der Waals surface area contributed by atoms with Crippen LogP contribution in [0.25, 0.3) is 22.0 Å². The minimum atomic E-state index is -0.582. The van der Waals surface area contributed by atoms with Crippen molar-refractivity contribution in [1.29, 1.82) is 0 Å². The van der Waals surface area contributed by atoms with E-state index in [0.29, 0.717) is 10.6 Å². The number of hydrogen-bond donors (Lipinski definition) is 2. The quantitative estimate of drug-likeness (QED) is 0.560. The minimum absolute atomic E-state index is 0.304. The van der Waals surface area contributed by atoms with Gasteiger partial charge in [0.1, 0.15) is 0 Å². The summed E-state index contributed by atoms with van der Waals surface area (Å²) in [5, 5.41) is 10.2. The van der Waals surface area contributed by atoms with E-state index in [1.54, 1.807) is 11.5 Å². The summed E-state index contributed by atoms with van der Waals surface area (Å²) >= 11 is 5.89. The fourth-order valence-electron chi connectivity index (χ4n) is 2.14. The molecule has 0 aliphatic heterocycles. The number of amides is 1. The molecule has 0 unspecified atom stereocenters. The lowest BCUT2D eigenvalue weighted by Gasteiger charge is -2.05. The van der Waals surface area contributed by atoms with Crippen LogP contribution in [-0.4, -0.2) is 16.1 Å². The van der Waals surface area contributed by atoms with Crippen LogP contribution in [0.4, 0.5) is 0 Å². The van der Waals surface area contributed by atoms with Gasteiger partial charge in [0.15, 0.2) is 0 Å². The predicted octanol–water partition coefficient (Wildman–Crippen LogP) is 3.67. The molecule has 4 nitrogen and oxygen atoms in total. The average molecular weight is 299 g/mol. The molecule has 1 heterocycles. The molecule has 0 aliphatic carbocycles. The van der Waals surface area contributed by atoms with E-state index in [4.69, 9.17) is 16.8 Å². The molecule has 5 heteroatoms. The van der Waals surface area contributed by atoms with Gasteiger partial charge in [-0.3, -0.25) is 15.0 Å². The molecule has 0 saturated carbocycles. The Morgan fingerprint density at radius 2 is 1.76 bits per heavy atom. The Hall–Kier alpha value is -2.43. The Bertz CT molecular complexity index is 816. The number of carbonyl (C=O) groups is 1. The maximum atomic E-state index is 11.4. The second-order valence-electron chi connectivity index (χ2n) is 4.58. The van der Waals surface area contributed by atoms with E-state index in [2.05, 4.69) is 4.98 Å². The van der Waals surface area contributed by atoms with Crippen LogP contribution < -0.4 is 5.48 Å². The van der Waals surface area contributed by atoms with Crippen molar-refractivity contribution >= 4 is 28.4 Å². The largest absolute Gasteiger partial charge is 0.288 e. The fourth-order valence-corrected chi connectivity index (χ4v) is 2.27. The zero-order valence-electron chi connectivity index (χ0n) is 10.9. The van der Waals surface area contributed by atoms with Crippen molar-refractivity contribution in [2.45, 2.75) is 0 Å². The molecule has 21 heavy (non-hydrogen) atoms. The maximum absolute atomic E-state index is 11.4. The van der Waals surface area contributed by atoms with Crippen molar-refractivity contribution in [3.63, 3.8) is 0 Å². The van der Waals surface area contributed by atoms with Crippen LogP contribution in [-0.2, 0) is 0 Å². The zero-order valence-corrected chi connectivity index (χ0v) is 11.6. The molecule has 2 aromatic carbocycles. The van der Waals surface area contributed by atoms with Gasteiger partial charge in [0.2, 0.25) is 0 Å². The van der Waals surface area contributed by atoms with E-state index >= 15 is 0 Å². The molecule has 0 bridgehead atoms. The molecule has 0 radical (unpaired) electrons. The Kier molecular flexibility index (Phi) is 3.56. The average Bonchev–Trinajstić information content (AvgIpc) is 2.53. The lowest BCUT2D eigenvalue weighted by molar-refractivity contribution is 0.0706. The number of hydrogen-bond acceptors (Lipinski definition) is 3. The van der Waals surface area contributed by atoms with Gasteiger partial charge in [0.05, 0.1) is 11.1 Å². The summed E-state index contributed by atoms with van der Waals surface area (Å²) in [5.41, 5.74) is 4.72. The zero-order chi connectivity index (χ0) is 14.8. The molecular formula is C16H11ClN2O2. The number of fused-ring (bicyclic) bond motifs is 1. The molecule has 0 atom stereocenters. The van der Waals surface area contributed by atoms with Crippen LogP contribution in [0.1, 0.15) is 10.4 Å². The second-order valence-corrected chi connectivity index (χ2v) is 5.02. The van der Waals surface area contributed by atoms with Gasteiger partial charge in [-0.25, -0.2) is 5.48 Å². The number of carbonyl (C=O) groups excluding carboxylic acids is 1. The highest BCUT2D eigenvalue weighted by molar-refractivity contribution is 6.30. The van der Waals surface area contributed by atoms with Crippen LogP contribution in [0.2, 0.25) is 5.02 Å². The van der Waals surface area contributed by atoms with Gasteiger partial charge < -0.3 is 0 Å². The van der Waals surface area contributed by atoms with Crippen molar-refractivity contribution in [2.75, 3.05) is 0 Å². The summed E-state index contributed by atoms with van der Waals surface area (Å²) in [4.78, 5) is 15.6. The normalized spacial score (nSPS) is 10.6. The summed E-state index contributed by atoms with van der Waals surface area (Å²) < 4.78 is 0. The molecular weight excluding hydrogens is 288 g/mol. The molecule has 0 aliphatic rings. The van der Waals surface area contributed by atoms with E-state index in [0.717, 1.165) is 22.0 Å². The number of aromatic nitrogens is 1. The summed E-state index contributed by atoms with van der Waals surface area (Å²) in [6, 6.07) is 15.0. The lowest BCUT2D eigenvalue weighted by Crippen LogP contribution is -2.18. The summed E-state index contributed by atoms with van der Waals surface area (Å²) in [6.07, 6.45) is 1.43. The first-order chi connectivity index (χ1) is 10.2. The predicted molar refractivity (Wildman–Crippen MR) is 81.4 cm³/mol. The lowest BCUT2D eigenvalue weighted by atomic mass is 10.0. The van der Waals surface area contributed by atoms with Gasteiger partial charge in [-0.2, -0.15) is 0 Å². The van der Waals surface area contributed by atoms with Crippen LogP contribution in [0.5, 0.6) is 0 Å². The van der Waals surface area contributed by atoms with E-state index in [9.17, 15) is 4.79 Å². The van der Waals surface area contributed by atoms with Crippen molar-refractivity contribution in [3.8, 4) is 11.1 Å². The first-order valence-electron chi connectivity index (χ1n) is 6.27. The fraction of sp³-hybridized carbons (Fsp3) is 0. The van der Waals surface area contributed by atoms with Gasteiger partial charge in [-0.15, -0.1) is 0 Å². The summed E-state index contributed by atoms with van der Waals surface area (Å²) in [7, 11) is 0. The number of rotatable bonds is 2. The molecule has 2 N–H and O–H groups in total. The standard InChI is InChI=1S/C16H11ClN2O2/c17-14-4-1-10(2-5-14)11-3-6-15-12(7-11)8-13(9-18-15)16(20)19-21/h1-9,21H,(H,19,20). The first-order valence-corrected chi connectivity index (χ1v) is 6.65. The Balaban J connectivity index is 2.09. The van der Waals surface area contributed by atoms with E-state index in [1.807, 2.05) is 42.5 Å². The van der Waals surface area contributed by atoms with Crippen molar-refractivity contribution in [3.05, 3.63) is 65.3 Å². The number of benzene rings is 2. The van der Waals surface area contributed by atoms with Gasteiger partial charge >= 0.3 is 0 Å². The van der Waals surface area contributed by atoms with E-state index < -0.39 is 5.91 Å². The van der Waals surface area contributed by atoms with Gasteiger partial charge in [0, 0.05) is 16.6 Å². The Morgan fingerprint density at radius 1 is 1.05 bits per heavy atom. The highest BCUT2D eigenvalue weighted by Crippen LogP contribution is 2.25. The van der Waals surface area contributed by atoms with E-state index in [1.165, 1.54) is 6.20 Å². The molecule has 3 aromatic rings. The van der Waals surface area contributed by atoms with Crippen LogP contribution in [0.3, 0.4) is 0 Å². The van der Waals surface area contributed by atoms with Crippen LogP contribution >= 0.6 is 11.6 Å². The molecule has 0 fully saturated rings. The minimum Gasteiger partial charge on any atom is -0.288 e. The van der Waals surface area contributed by atoms with Crippen LogP contribution in [0.15, 0.2) is 54.7 Å². The molecule has 1 amide bonds. The van der Waals surface area contributed by atoms with Gasteiger partial charge in [0.25, 0.3) is 5.91 Å². The topological polar surface area (TPSA) is 62.2 Å². The third-order valence-electron chi connectivity index (χ3n) is 3.22. The Labute approximate surface area is 126 Å². The van der Waals surface area contributed by atoms with Crippen LogP contribution in [0, 0.1) is 0 Å². The second kappa shape index (κ2) is 5.52. The number of pyridine rings is 1. The van der Waals surface area contributed by atoms with Crippen molar-refractivity contribution in [2.24, 2.45) is 0 Å². The summed E-state index contributed by atoms with van der Waals surface area (Å²) in [5.74, 6) is -0.582. The number of nitrogens with one attached hydrogen (secondary N) is 1. The SMILES string of the molecule is O=C(NO)c1cnc2ccc(-c3ccc(Cl)cc3)cc2c1. The van der Waals surface area contributed by atoms with Gasteiger partial charge in [-0.1, -0.05) is 29.8 Å². The highest BCUT2D eigenvalue weighted by Gasteiger charge is 2.07. The highest BCUT2D eigenvalue weighted by atomic mass is 35.5. The van der Waals surface area contributed by atoms with E-state index in [-0.39, 0.29) is 0 Å². The number of nitrogens with zero attached hydrogens (tertiary/aromatic N) is 1. The van der Waals surface area contributed by atoms with Crippen molar-refractivity contribution in [1.82, 2.24) is 10.5 Å². The third kappa shape index (κ3) is 2.72. The third-order valence-corrected chi connectivity index (χ3v) is 3.47. The molecule has 0 spiro atoms. The molecule has 104 valence electrons. The molecule has 0 saturated heterocycles. The monoisotopic (exact) mass is 298 g/mol. The number of halogens is 1. The first kappa shape index (κ1) is 13.5. The maximum Gasteiger partial charge on any atom is 0.276 e. The summed E-state index contributed by atoms with van der Waals surface area (Å²) in [6.45, 7) is 0. The van der Waals surface area contributed by atoms with Crippen molar-refractivity contribution < 1.29 is 10.0 Å². The van der Waals surface area contributed by atoms with Gasteiger partial charge in [-0.05, 0) is 41.5 Å². The number of hydroxylamine groups is 1. The molecule has 1 aromatic heterocycles. The smallest absolute Gasteiger partial charge is 0.276 e.